The lowest BCUT2D eigenvalue weighted by atomic mass is 9.33. The lowest BCUT2D eigenvalue weighted by Crippen LogP contribution is -2.61. The summed E-state index contributed by atoms with van der Waals surface area (Å²) in [6, 6.07) is 119. The van der Waals surface area contributed by atoms with Crippen LogP contribution in [-0.4, -0.2) is 11.3 Å². The van der Waals surface area contributed by atoms with Crippen molar-refractivity contribution in [2.45, 2.75) is 6.42 Å². The first-order valence-corrected chi connectivity index (χ1v) is 33.5. The summed E-state index contributed by atoms with van der Waals surface area (Å²) in [5.74, 6) is 0. The van der Waals surface area contributed by atoms with Crippen molar-refractivity contribution >= 4 is 198 Å². The molecule has 0 atom stereocenters. The summed E-state index contributed by atoms with van der Waals surface area (Å²) in [5, 5.41) is 27.2. The van der Waals surface area contributed by atoms with E-state index >= 15 is 0 Å². The van der Waals surface area contributed by atoms with E-state index in [1.54, 1.807) is 0 Å². The quantitative estimate of drug-likeness (QED) is 0.127. The van der Waals surface area contributed by atoms with Crippen molar-refractivity contribution in [3.8, 4) is 5.69 Å². The van der Waals surface area contributed by atoms with E-state index in [0.717, 1.165) is 61.6 Å². The Bertz CT molecular complexity index is 6730. The molecule has 0 bridgehead atoms. The van der Waals surface area contributed by atoms with Gasteiger partial charge in [0.15, 0.2) is 0 Å². The first kappa shape index (κ1) is 52.1. The molecule has 442 valence electrons. The van der Waals surface area contributed by atoms with Gasteiger partial charge in [0.2, 0.25) is 0 Å². The molecule has 0 amide bonds. The monoisotopic (exact) mass is 1220 g/mol. The molecule has 2 aliphatic rings. The van der Waals surface area contributed by atoms with Crippen molar-refractivity contribution in [1.29, 1.82) is 0 Å². The van der Waals surface area contributed by atoms with E-state index in [9.17, 15) is 0 Å². The predicted molar refractivity (Wildman–Crippen MR) is 409 cm³/mol. The van der Waals surface area contributed by atoms with Crippen LogP contribution in [0.25, 0.3) is 146 Å². The van der Waals surface area contributed by atoms with Crippen molar-refractivity contribution < 1.29 is 4.42 Å². The van der Waals surface area contributed by atoms with Gasteiger partial charge in [0.05, 0.1) is 11.0 Å². The number of fused-ring (bicyclic) bond motifs is 28. The van der Waals surface area contributed by atoms with E-state index in [-0.39, 0.29) is 6.71 Å². The van der Waals surface area contributed by atoms with E-state index in [0.29, 0.717) is 6.42 Å². The molecule has 18 aromatic carbocycles. The van der Waals surface area contributed by atoms with Crippen LogP contribution >= 0.6 is 0 Å². The third-order valence-electron chi connectivity index (χ3n) is 21.7. The van der Waals surface area contributed by atoms with E-state index in [4.69, 9.17) is 4.42 Å². The largest absolute Gasteiger partial charge is 0.456 e. The molecule has 0 unspecified atom stereocenters. The van der Waals surface area contributed by atoms with E-state index in [2.05, 4.69) is 330 Å². The zero-order valence-corrected chi connectivity index (χ0v) is 52.1. The van der Waals surface area contributed by atoms with Crippen LogP contribution in [0.4, 0.5) is 34.1 Å². The highest BCUT2D eigenvalue weighted by Crippen LogP contribution is 2.51. The van der Waals surface area contributed by atoms with E-state index in [1.165, 1.54) is 146 Å². The molecule has 20 aromatic rings. The van der Waals surface area contributed by atoms with Crippen LogP contribution in [0.3, 0.4) is 0 Å². The van der Waals surface area contributed by atoms with Crippen LogP contribution in [0.15, 0.2) is 320 Å². The van der Waals surface area contributed by atoms with Gasteiger partial charge in [-0.15, -0.1) is 0 Å². The maximum absolute atomic E-state index is 6.93. The van der Waals surface area contributed by atoms with Crippen LogP contribution in [0.5, 0.6) is 0 Å². The minimum atomic E-state index is -0.197. The Kier molecular flexibility index (Phi) is 10.6. The first-order valence-electron chi connectivity index (χ1n) is 33.5. The Morgan fingerprint density at radius 1 is 0.250 bits per heavy atom. The second-order valence-electron chi connectivity index (χ2n) is 26.5. The van der Waals surface area contributed by atoms with Crippen LogP contribution in [-0.2, 0) is 6.42 Å². The molecule has 22 rings (SSSR count). The third kappa shape index (κ3) is 7.18. The number of anilines is 6. The number of para-hydroxylation sites is 4. The number of rotatable bonds is 5. The predicted octanol–water partition coefficient (Wildman–Crippen LogP) is 22.7. The topological polar surface area (TPSA) is 24.6 Å². The molecule has 0 spiro atoms. The molecule has 2 aromatic heterocycles. The SMILES string of the molecule is c1ccc2c(c1)oc1c(Cc3cc4c5c(c3)N(c3ccc6c7ccccc7c7ccccc7c6c3)c3cc6c7ccccc7c7ccccc7c6cc3B5c3ccc(-n5c6ccccc6c6ccccc65)cc3N4c3ccc4c5ccccc5c5ccccc5c4c3)cccc12. The van der Waals surface area contributed by atoms with E-state index in [1.807, 2.05) is 0 Å². The molecule has 96 heavy (non-hydrogen) atoms. The van der Waals surface area contributed by atoms with Crippen LogP contribution < -0.4 is 26.2 Å². The van der Waals surface area contributed by atoms with Crippen molar-refractivity contribution in [3.63, 3.8) is 0 Å². The molecular weight excluding hydrogens is 1160 g/mol. The molecular formula is C91H54BN3O. The normalized spacial score (nSPS) is 13.0. The van der Waals surface area contributed by atoms with Crippen LogP contribution in [0, 0.1) is 0 Å². The number of hydrogen-bond acceptors (Lipinski definition) is 3. The highest BCUT2D eigenvalue weighted by atomic mass is 16.3. The minimum absolute atomic E-state index is 0.197. The van der Waals surface area contributed by atoms with Gasteiger partial charge in [0.25, 0.3) is 6.71 Å². The second-order valence-corrected chi connectivity index (χ2v) is 26.5. The summed E-state index contributed by atoms with van der Waals surface area (Å²) in [7, 11) is 0. The summed E-state index contributed by atoms with van der Waals surface area (Å²) in [6.45, 7) is -0.197. The molecule has 0 radical (unpaired) electrons. The van der Waals surface area contributed by atoms with E-state index < -0.39 is 0 Å². The fourth-order valence-corrected chi connectivity index (χ4v) is 17.7. The van der Waals surface area contributed by atoms with Gasteiger partial charge in [-0.25, -0.2) is 0 Å². The Morgan fingerprint density at radius 3 is 1.11 bits per heavy atom. The summed E-state index contributed by atoms with van der Waals surface area (Å²) in [5.41, 5.74) is 18.2. The fourth-order valence-electron chi connectivity index (χ4n) is 17.7. The number of furan rings is 1. The van der Waals surface area contributed by atoms with Gasteiger partial charge in [-0.3, -0.25) is 0 Å². The minimum Gasteiger partial charge on any atom is -0.456 e. The number of benzene rings is 18. The average molecular weight is 1220 g/mol. The average Bonchev–Trinajstić information content (AvgIpc) is 0.740. The van der Waals surface area contributed by atoms with Gasteiger partial charge in [-0.2, -0.15) is 0 Å². The number of aromatic nitrogens is 1. The molecule has 2 aliphatic heterocycles. The lowest BCUT2D eigenvalue weighted by molar-refractivity contribution is 0.664. The Morgan fingerprint density at radius 2 is 0.625 bits per heavy atom. The maximum atomic E-state index is 6.93. The Labute approximate surface area is 552 Å². The summed E-state index contributed by atoms with van der Waals surface area (Å²) in [6.07, 6.45) is 0.627. The van der Waals surface area contributed by atoms with Crippen LogP contribution in [0.2, 0.25) is 0 Å². The Balaban J connectivity index is 0.899. The highest BCUT2D eigenvalue weighted by molar-refractivity contribution is 7.00. The Hall–Kier alpha value is -12.4. The van der Waals surface area contributed by atoms with Crippen molar-refractivity contribution in [1.82, 2.24) is 4.57 Å². The summed E-state index contributed by atoms with van der Waals surface area (Å²) in [4.78, 5) is 5.29. The van der Waals surface area contributed by atoms with Crippen molar-refractivity contribution in [3.05, 3.63) is 327 Å². The molecule has 4 heterocycles. The van der Waals surface area contributed by atoms with Gasteiger partial charge >= 0.3 is 0 Å². The third-order valence-corrected chi connectivity index (χ3v) is 21.7. The zero-order chi connectivity index (χ0) is 62.4. The van der Waals surface area contributed by atoms with Crippen molar-refractivity contribution in [2.75, 3.05) is 9.80 Å². The summed E-state index contributed by atoms with van der Waals surface area (Å²) < 4.78 is 9.42. The standard InChI is InChI=1S/C91H54BN3O/c1-3-27-65-59(21-1)61-23-5-9-29-67(61)77-49-56(40-43-71(65)77)94-85-51-58(93-83-37-16-13-33-73(83)74-34-14-17-38-84(74)93)42-45-81(85)92-82-52-79-69-31-11-7-25-63(69)64-26-8-12-32-70(64)80(79)53-86(82)95(57-41-44-72-66-28-4-2-22-60(66)62-24-6-10-30-68(62)78(72)50-57)88-48-54(47-87(94)90(88)92)46-55-20-19-36-76-75-35-15-18-39-89(75)96-91(55)76/h1-45,47-53H,46H2. The summed E-state index contributed by atoms with van der Waals surface area (Å²) >= 11 is 0. The van der Waals surface area contributed by atoms with Gasteiger partial charge in [0, 0.05) is 67.8 Å². The smallest absolute Gasteiger partial charge is 0.252 e. The molecule has 4 nitrogen and oxygen atoms in total. The van der Waals surface area contributed by atoms with Gasteiger partial charge in [-0.05, 0) is 197 Å². The fraction of sp³-hybridized carbons (Fsp3) is 0.0110. The maximum Gasteiger partial charge on any atom is 0.252 e. The molecule has 5 heteroatoms. The molecule has 0 saturated heterocycles. The van der Waals surface area contributed by atoms with Crippen molar-refractivity contribution in [2.24, 2.45) is 0 Å². The number of hydrogen-bond donors (Lipinski definition) is 0. The molecule has 0 saturated carbocycles. The van der Waals surface area contributed by atoms with Crippen LogP contribution in [0.1, 0.15) is 11.1 Å². The van der Waals surface area contributed by atoms with Gasteiger partial charge in [0.1, 0.15) is 11.2 Å². The molecule has 0 fully saturated rings. The first-order chi connectivity index (χ1) is 47.6. The highest BCUT2D eigenvalue weighted by Gasteiger charge is 2.44. The lowest BCUT2D eigenvalue weighted by Gasteiger charge is -2.45. The molecule has 0 aliphatic carbocycles. The second kappa shape index (κ2) is 19.6. The zero-order valence-electron chi connectivity index (χ0n) is 52.1. The van der Waals surface area contributed by atoms with Gasteiger partial charge in [-0.1, -0.05) is 243 Å². The molecule has 0 N–H and O–H groups in total. The van der Waals surface area contributed by atoms with Gasteiger partial charge < -0.3 is 18.8 Å². The number of nitrogens with zero attached hydrogens (tertiary/aromatic N) is 3.